The summed E-state index contributed by atoms with van der Waals surface area (Å²) < 4.78 is 7.25. The number of hydrogen-bond donors (Lipinski definition) is 0. The zero-order valence-corrected chi connectivity index (χ0v) is 13.9. The summed E-state index contributed by atoms with van der Waals surface area (Å²) in [5, 5.41) is 14.1. The Morgan fingerprint density at radius 2 is 2.12 bits per heavy atom. The van der Waals surface area contributed by atoms with Crippen molar-refractivity contribution in [2.24, 2.45) is 0 Å². The lowest BCUT2D eigenvalue weighted by atomic mass is 10.1. The first kappa shape index (κ1) is 15.1. The lowest BCUT2D eigenvalue weighted by Crippen LogP contribution is -1.99. The van der Waals surface area contributed by atoms with Crippen molar-refractivity contribution in [3.05, 3.63) is 59.6 Å². The summed E-state index contributed by atoms with van der Waals surface area (Å²) in [6.07, 6.45) is 3.06. The minimum absolute atomic E-state index is 0.400. The van der Waals surface area contributed by atoms with E-state index in [0.717, 1.165) is 16.5 Å². The topological polar surface area (TPSA) is 82.5 Å². The molecule has 0 unspecified atom stereocenters. The molecule has 0 fully saturated rings. The van der Waals surface area contributed by atoms with E-state index in [4.69, 9.17) is 16.0 Å². The fraction of sp³-hybridized carbons (Fsp3) is 0.133. The van der Waals surface area contributed by atoms with Gasteiger partial charge in [-0.25, -0.2) is 14.6 Å². The smallest absolute Gasteiger partial charge is 0.276 e. The van der Waals surface area contributed by atoms with Crippen LogP contribution in [0.3, 0.4) is 0 Å². The third-order valence-corrected chi connectivity index (χ3v) is 4.39. The Labute approximate surface area is 146 Å². The van der Waals surface area contributed by atoms with Gasteiger partial charge in [-0.2, -0.15) is 5.10 Å². The van der Waals surface area contributed by atoms with Crippen molar-refractivity contribution in [3.8, 4) is 0 Å². The molecule has 0 N–H and O–H groups in total. The summed E-state index contributed by atoms with van der Waals surface area (Å²) in [6.45, 7) is 0.400. The second kappa shape index (κ2) is 6.58. The van der Waals surface area contributed by atoms with E-state index in [-0.39, 0.29) is 0 Å². The minimum Gasteiger partial charge on any atom is -0.414 e. The monoisotopic (exact) mass is 358 g/mol. The molecule has 1 aromatic carbocycles. The number of pyridine rings is 1. The molecule has 0 aliphatic carbocycles. The molecule has 0 radical (unpaired) electrons. The Balaban J connectivity index is 1.50. The van der Waals surface area contributed by atoms with Gasteiger partial charge in [0, 0.05) is 11.1 Å². The van der Waals surface area contributed by atoms with Gasteiger partial charge in [-0.05, 0) is 17.7 Å². The van der Waals surface area contributed by atoms with Crippen LogP contribution in [-0.2, 0) is 12.3 Å². The van der Waals surface area contributed by atoms with Gasteiger partial charge in [-0.3, -0.25) is 0 Å². The molecule has 0 amide bonds. The van der Waals surface area contributed by atoms with E-state index in [0.29, 0.717) is 28.6 Å². The molecular weight excluding hydrogens is 348 g/mol. The maximum Gasteiger partial charge on any atom is 0.276 e. The third kappa shape index (κ3) is 3.24. The van der Waals surface area contributed by atoms with Gasteiger partial charge in [-0.1, -0.05) is 41.6 Å². The largest absolute Gasteiger partial charge is 0.414 e. The maximum absolute atomic E-state index is 6.10. The number of benzene rings is 1. The van der Waals surface area contributed by atoms with E-state index in [1.165, 1.54) is 18.1 Å². The van der Waals surface area contributed by atoms with Gasteiger partial charge >= 0.3 is 0 Å². The zero-order chi connectivity index (χ0) is 16.4. The van der Waals surface area contributed by atoms with Gasteiger partial charge in [-0.15, -0.1) is 10.2 Å². The molecule has 3 heterocycles. The summed E-state index contributed by atoms with van der Waals surface area (Å²) in [5.74, 6) is 1.15. The van der Waals surface area contributed by atoms with E-state index in [2.05, 4.69) is 25.3 Å². The van der Waals surface area contributed by atoms with Crippen LogP contribution in [0.15, 0.2) is 52.6 Å². The molecule has 7 nitrogen and oxygen atoms in total. The number of halogens is 1. The van der Waals surface area contributed by atoms with Crippen molar-refractivity contribution in [2.75, 3.05) is 0 Å². The summed E-state index contributed by atoms with van der Waals surface area (Å²) in [5.41, 5.74) is 1.95. The van der Waals surface area contributed by atoms with E-state index in [1.54, 1.807) is 11.0 Å². The summed E-state index contributed by atoms with van der Waals surface area (Å²) in [7, 11) is 0. The maximum atomic E-state index is 6.10. The van der Waals surface area contributed by atoms with Gasteiger partial charge in [0.05, 0.1) is 5.52 Å². The van der Waals surface area contributed by atoms with Crippen LogP contribution < -0.4 is 0 Å². The van der Waals surface area contributed by atoms with Crippen molar-refractivity contribution < 1.29 is 4.42 Å². The highest BCUT2D eigenvalue weighted by Crippen LogP contribution is 2.27. The lowest BCUT2D eigenvalue weighted by Gasteiger charge is -2.05. The molecule has 4 aromatic rings. The van der Waals surface area contributed by atoms with Crippen LogP contribution in [0, 0.1) is 0 Å². The van der Waals surface area contributed by atoms with Gasteiger partial charge in [0.2, 0.25) is 5.89 Å². The second-order valence-electron chi connectivity index (χ2n) is 4.96. The van der Waals surface area contributed by atoms with Crippen molar-refractivity contribution in [3.63, 3.8) is 0 Å². The molecule has 0 bridgehead atoms. The standard InChI is InChI=1S/C15H11ClN6OS/c16-13-5-10(11-3-1-2-4-12(11)19-13)7-24-15-21-20-14(23-15)6-22-9-17-8-18-22/h1-5,8-9H,6-7H2. The van der Waals surface area contributed by atoms with Crippen molar-refractivity contribution in [1.82, 2.24) is 29.9 Å². The molecule has 0 aliphatic rings. The fourth-order valence-electron chi connectivity index (χ4n) is 2.28. The van der Waals surface area contributed by atoms with Crippen LogP contribution >= 0.6 is 23.4 Å². The van der Waals surface area contributed by atoms with E-state index >= 15 is 0 Å². The number of hydrogen-bond acceptors (Lipinski definition) is 7. The number of nitrogens with zero attached hydrogens (tertiary/aromatic N) is 6. The quantitative estimate of drug-likeness (QED) is 0.400. The summed E-state index contributed by atoms with van der Waals surface area (Å²) >= 11 is 7.56. The molecule has 9 heteroatoms. The molecule has 0 saturated heterocycles. The normalized spacial score (nSPS) is 11.2. The van der Waals surface area contributed by atoms with E-state index in [1.807, 2.05) is 30.3 Å². The van der Waals surface area contributed by atoms with Crippen molar-refractivity contribution in [1.29, 1.82) is 0 Å². The lowest BCUT2D eigenvalue weighted by molar-refractivity contribution is 0.397. The zero-order valence-electron chi connectivity index (χ0n) is 12.3. The highest BCUT2D eigenvalue weighted by molar-refractivity contribution is 7.98. The second-order valence-corrected chi connectivity index (χ2v) is 6.28. The van der Waals surface area contributed by atoms with Crippen molar-refractivity contribution >= 4 is 34.3 Å². The molecule has 0 aliphatic heterocycles. The van der Waals surface area contributed by atoms with Crippen LogP contribution in [0.5, 0.6) is 0 Å². The minimum atomic E-state index is 0.400. The van der Waals surface area contributed by atoms with Gasteiger partial charge in [0.1, 0.15) is 24.4 Å². The predicted octanol–water partition coefficient (Wildman–Crippen LogP) is 3.20. The molecule has 3 aromatic heterocycles. The number of para-hydroxylation sites is 1. The Kier molecular flexibility index (Phi) is 4.14. The molecular formula is C15H11ClN6OS. The average Bonchev–Trinajstić information content (AvgIpc) is 3.25. The molecule has 0 saturated carbocycles. The molecule has 120 valence electrons. The Morgan fingerprint density at radius 3 is 3.00 bits per heavy atom. The van der Waals surface area contributed by atoms with Crippen LogP contribution in [0.2, 0.25) is 5.15 Å². The summed E-state index contributed by atoms with van der Waals surface area (Å²) in [6, 6.07) is 9.76. The van der Waals surface area contributed by atoms with Crippen molar-refractivity contribution in [2.45, 2.75) is 17.5 Å². The number of thioether (sulfide) groups is 1. The van der Waals surface area contributed by atoms with Gasteiger partial charge < -0.3 is 4.42 Å². The highest BCUT2D eigenvalue weighted by atomic mass is 35.5. The first-order valence-corrected chi connectivity index (χ1v) is 8.46. The number of rotatable bonds is 5. The Bertz CT molecular complexity index is 971. The Hall–Kier alpha value is -2.45. The molecule has 0 atom stereocenters. The van der Waals surface area contributed by atoms with E-state index in [9.17, 15) is 0 Å². The fourth-order valence-corrected chi connectivity index (χ4v) is 3.28. The Morgan fingerprint density at radius 1 is 1.21 bits per heavy atom. The van der Waals surface area contributed by atoms with Crippen LogP contribution in [0.4, 0.5) is 0 Å². The van der Waals surface area contributed by atoms with Crippen LogP contribution in [0.25, 0.3) is 10.9 Å². The van der Waals surface area contributed by atoms with E-state index < -0.39 is 0 Å². The van der Waals surface area contributed by atoms with Gasteiger partial charge in [0.25, 0.3) is 5.22 Å². The predicted molar refractivity (Wildman–Crippen MR) is 89.7 cm³/mol. The molecule has 0 spiro atoms. The first-order valence-electron chi connectivity index (χ1n) is 7.10. The number of fused-ring (bicyclic) bond motifs is 1. The van der Waals surface area contributed by atoms with Crippen LogP contribution in [0.1, 0.15) is 11.5 Å². The van der Waals surface area contributed by atoms with Gasteiger partial charge in [0.15, 0.2) is 0 Å². The molecule has 24 heavy (non-hydrogen) atoms. The number of aromatic nitrogens is 6. The highest BCUT2D eigenvalue weighted by Gasteiger charge is 2.10. The summed E-state index contributed by atoms with van der Waals surface area (Å²) in [4.78, 5) is 8.20. The first-order chi connectivity index (χ1) is 11.8. The third-order valence-electron chi connectivity index (χ3n) is 3.33. The van der Waals surface area contributed by atoms with Crippen LogP contribution in [-0.4, -0.2) is 29.9 Å². The average molecular weight is 359 g/mol. The SMILES string of the molecule is Clc1cc(CSc2nnc(Cn3cncn3)o2)c2ccccc2n1. The molecule has 4 rings (SSSR count).